The zero-order valence-corrected chi connectivity index (χ0v) is 7.16. The lowest BCUT2D eigenvalue weighted by Gasteiger charge is -2.23. The second-order valence-electron chi connectivity index (χ2n) is 3.38. The number of aliphatic hydroxyl groups is 1. The van der Waals surface area contributed by atoms with Gasteiger partial charge in [0.05, 0.1) is 6.10 Å². The van der Waals surface area contributed by atoms with Crippen LogP contribution in [0.25, 0.3) is 0 Å². The molecule has 1 aliphatic heterocycles. The van der Waals surface area contributed by atoms with Crippen molar-refractivity contribution in [3.8, 4) is 0 Å². The first-order valence-corrected chi connectivity index (χ1v) is 4.36. The summed E-state index contributed by atoms with van der Waals surface area (Å²) >= 11 is 0. The number of β-amino-alcohol motifs (C(OH)–C–C–N with tert-alkyl or cyclic N) is 1. The lowest BCUT2D eigenvalue weighted by Crippen LogP contribution is -2.38. The lowest BCUT2D eigenvalue weighted by atomic mass is 10.2. The number of hydrogen-bond donors (Lipinski definition) is 2. The molecule has 2 atom stereocenters. The summed E-state index contributed by atoms with van der Waals surface area (Å²) in [4.78, 5) is 2.30. The summed E-state index contributed by atoms with van der Waals surface area (Å²) in [6.07, 6.45) is 2.19. The molecule has 0 spiro atoms. The van der Waals surface area contributed by atoms with E-state index in [4.69, 9.17) is 5.73 Å². The van der Waals surface area contributed by atoms with Crippen LogP contribution in [0.2, 0.25) is 0 Å². The van der Waals surface area contributed by atoms with Crippen molar-refractivity contribution in [1.29, 1.82) is 0 Å². The maximum absolute atomic E-state index is 9.27. The Labute approximate surface area is 68.2 Å². The highest BCUT2D eigenvalue weighted by molar-refractivity contribution is 4.77. The highest BCUT2D eigenvalue weighted by Gasteiger charge is 2.21. The fraction of sp³-hybridized carbons (Fsp3) is 1.00. The first-order valence-electron chi connectivity index (χ1n) is 4.36. The molecule has 1 saturated heterocycles. The van der Waals surface area contributed by atoms with Gasteiger partial charge in [-0.3, -0.25) is 4.90 Å². The summed E-state index contributed by atoms with van der Waals surface area (Å²) in [5, 5.41) is 9.27. The third kappa shape index (κ3) is 2.43. The molecular weight excluding hydrogens is 140 g/mol. The quantitative estimate of drug-likeness (QED) is 0.597. The first kappa shape index (κ1) is 8.97. The van der Waals surface area contributed by atoms with Crippen LogP contribution in [0.5, 0.6) is 0 Å². The molecule has 0 amide bonds. The van der Waals surface area contributed by atoms with Gasteiger partial charge in [-0.05, 0) is 26.3 Å². The normalized spacial score (nSPS) is 29.2. The molecule has 0 unspecified atom stereocenters. The molecule has 0 bridgehead atoms. The van der Waals surface area contributed by atoms with Gasteiger partial charge in [0, 0.05) is 19.1 Å². The molecule has 1 rings (SSSR count). The minimum Gasteiger partial charge on any atom is -0.390 e. The average molecular weight is 158 g/mol. The second kappa shape index (κ2) is 4.04. The number of likely N-dealkylation sites (tertiary alicyclic amines) is 1. The number of hydrogen-bond acceptors (Lipinski definition) is 3. The van der Waals surface area contributed by atoms with Gasteiger partial charge in [0.25, 0.3) is 0 Å². The van der Waals surface area contributed by atoms with E-state index < -0.39 is 0 Å². The summed E-state index contributed by atoms with van der Waals surface area (Å²) in [6, 6.07) is 0.635. The van der Waals surface area contributed by atoms with Crippen LogP contribution >= 0.6 is 0 Å². The van der Waals surface area contributed by atoms with Crippen LogP contribution in [0.4, 0.5) is 0 Å². The fourth-order valence-corrected chi connectivity index (χ4v) is 1.61. The van der Waals surface area contributed by atoms with E-state index in [0.29, 0.717) is 12.6 Å². The van der Waals surface area contributed by atoms with E-state index >= 15 is 0 Å². The molecule has 0 aromatic carbocycles. The zero-order valence-electron chi connectivity index (χ0n) is 7.16. The van der Waals surface area contributed by atoms with Crippen molar-refractivity contribution in [3.05, 3.63) is 0 Å². The van der Waals surface area contributed by atoms with E-state index in [-0.39, 0.29) is 6.10 Å². The van der Waals surface area contributed by atoms with Crippen molar-refractivity contribution in [1.82, 2.24) is 4.90 Å². The topological polar surface area (TPSA) is 49.5 Å². The van der Waals surface area contributed by atoms with Gasteiger partial charge in [-0.15, -0.1) is 0 Å². The number of nitrogens with zero attached hydrogens (tertiary/aromatic N) is 1. The van der Waals surface area contributed by atoms with Gasteiger partial charge in [0.15, 0.2) is 0 Å². The van der Waals surface area contributed by atoms with Crippen LogP contribution in [-0.4, -0.2) is 41.8 Å². The lowest BCUT2D eigenvalue weighted by molar-refractivity contribution is 0.115. The highest BCUT2D eigenvalue weighted by atomic mass is 16.3. The third-order valence-electron chi connectivity index (χ3n) is 2.41. The molecule has 0 saturated carbocycles. The summed E-state index contributed by atoms with van der Waals surface area (Å²) < 4.78 is 0. The largest absolute Gasteiger partial charge is 0.390 e. The van der Waals surface area contributed by atoms with Gasteiger partial charge in [0.1, 0.15) is 0 Å². The van der Waals surface area contributed by atoms with Crippen molar-refractivity contribution >= 4 is 0 Å². The maximum Gasteiger partial charge on any atom is 0.0789 e. The van der Waals surface area contributed by atoms with Gasteiger partial charge in [-0.2, -0.15) is 0 Å². The van der Waals surface area contributed by atoms with Crippen LogP contribution in [0.15, 0.2) is 0 Å². The van der Waals surface area contributed by atoms with Gasteiger partial charge < -0.3 is 10.8 Å². The third-order valence-corrected chi connectivity index (χ3v) is 2.41. The first-order chi connectivity index (χ1) is 5.24. The molecule has 0 aliphatic carbocycles. The minimum atomic E-state index is -0.337. The van der Waals surface area contributed by atoms with Crippen molar-refractivity contribution in [2.45, 2.75) is 31.9 Å². The summed E-state index contributed by atoms with van der Waals surface area (Å²) in [6.45, 7) is 4.45. The molecular formula is C8H18N2O. The van der Waals surface area contributed by atoms with Gasteiger partial charge in [-0.25, -0.2) is 0 Å². The van der Waals surface area contributed by atoms with Gasteiger partial charge >= 0.3 is 0 Å². The Hall–Kier alpha value is -0.120. The molecule has 0 aromatic heterocycles. The Bertz CT molecular complexity index is 119. The molecule has 1 heterocycles. The Morgan fingerprint density at radius 2 is 2.45 bits per heavy atom. The summed E-state index contributed by atoms with van der Waals surface area (Å²) in [7, 11) is 0. The Kier molecular flexibility index (Phi) is 3.30. The molecule has 1 fully saturated rings. The van der Waals surface area contributed by atoms with Crippen molar-refractivity contribution in [2.75, 3.05) is 19.6 Å². The molecule has 66 valence electrons. The van der Waals surface area contributed by atoms with E-state index in [9.17, 15) is 5.11 Å². The van der Waals surface area contributed by atoms with Gasteiger partial charge in [0.2, 0.25) is 0 Å². The maximum atomic E-state index is 9.27. The highest BCUT2D eigenvalue weighted by Crippen LogP contribution is 2.15. The predicted octanol–water partition coefficient (Wildman–Crippen LogP) is -0.210. The zero-order chi connectivity index (χ0) is 8.27. The number of aliphatic hydroxyl groups excluding tert-OH is 1. The predicted molar refractivity (Wildman–Crippen MR) is 45.3 cm³/mol. The van der Waals surface area contributed by atoms with Gasteiger partial charge in [-0.1, -0.05) is 0 Å². The van der Waals surface area contributed by atoms with E-state index in [2.05, 4.69) is 11.8 Å². The summed E-state index contributed by atoms with van der Waals surface area (Å²) in [5.74, 6) is 0. The smallest absolute Gasteiger partial charge is 0.0789 e. The Morgan fingerprint density at radius 1 is 1.73 bits per heavy atom. The van der Waals surface area contributed by atoms with Crippen LogP contribution in [0.3, 0.4) is 0 Å². The number of nitrogens with two attached hydrogens (primary N) is 1. The fourth-order valence-electron chi connectivity index (χ4n) is 1.61. The molecule has 0 radical (unpaired) electrons. The Balaban J connectivity index is 2.24. The van der Waals surface area contributed by atoms with Crippen LogP contribution in [0, 0.1) is 0 Å². The van der Waals surface area contributed by atoms with E-state index in [1.807, 2.05) is 0 Å². The molecule has 11 heavy (non-hydrogen) atoms. The van der Waals surface area contributed by atoms with Crippen LogP contribution < -0.4 is 5.73 Å². The van der Waals surface area contributed by atoms with Crippen LogP contribution in [-0.2, 0) is 0 Å². The summed E-state index contributed by atoms with van der Waals surface area (Å²) in [5.41, 5.74) is 5.32. The molecule has 0 aromatic rings. The van der Waals surface area contributed by atoms with E-state index in [1.54, 1.807) is 0 Å². The average Bonchev–Trinajstić information content (AvgIpc) is 2.37. The minimum absolute atomic E-state index is 0.337. The standard InChI is InChI=1S/C8H18N2O/c1-7-3-2-4-10(7)6-8(11)5-9/h7-8,11H,2-6,9H2,1H3/t7-,8+/m1/s1. The SMILES string of the molecule is C[C@@H]1CCCN1C[C@@H](O)CN. The van der Waals surface area contributed by atoms with Crippen molar-refractivity contribution < 1.29 is 5.11 Å². The van der Waals surface area contributed by atoms with Crippen LogP contribution in [0.1, 0.15) is 19.8 Å². The van der Waals surface area contributed by atoms with Crippen molar-refractivity contribution in [3.63, 3.8) is 0 Å². The molecule has 3 heteroatoms. The Morgan fingerprint density at radius 3 is 2.91 bits per heavy atom. The van der Waals surface area contributed by atoms with Crippen molar-refractivity contribution in [2.24, 2.45) is 5.73 Å². The van der Waals surface area contributed by atoms with E-state index in [0.717, 1.165) is 13.1 Å². The molecule has 3 nitrogen and oxygen atoms in total. The monoisotopic (exact) mass is 158 g/mol. The molecule has 3 N–H and O–H groups in total. The second-order valence-corrected chi connectivity index (χ2v) is 3.38. The molecule has 1 aliphatic rings. The van der Waals surface area contributed by atoms with E-state index in [1.165, 1.54) is 12.8 Å². The number of rotatable bonds is 3.